The number of hydrogen-bond donors (Lipinski definition) is 3. The van der Waals surface area contributed by atoms with Crippen molar-refractivity contribution in [2.45, 2.75) is 18.4 Å². The highest BCUT2D eigenvalue weighted by molar-refractivity contribution is 5.87. The van der Waals surface area contributed by atoms with E-state index in [4.69, 9.17) is 11.0 Å². The second-order valence-electron chi connectivity index (χ2n) is 4.71. The third-order valence-electron chi connectivity index (χ3n) is 3.29. The maximum Gasteiger partial charge on any atom is 0.224 e. The number of aromatic nitrogens is 4. The van der Waals surface area contributed by atoms with Crippen molar-refractivity contribution in [3.8, 4) is 6.07 Å². The summed E-state index contributed by atoms with van der Waals surface area (Å²) in [5.41, 5.74) is 4.88. The maximum atomic E-state index is 10.1. The van der Waals surface area contributed by atoms with Crippen LogP contribution in [0, 0.1) is 11.3 Å². The lowest BCUT2D eigenvalue weighted by atomic mass is 9.94. The molecule has 3 heterocycles. The number of nitrogens with one attached hydrogen (secondary N) is 1. The molecule has 0 aliphatic carbocycles. The highest BCUT2D eigenvalue weighted by atomic mass is 16.3. The molecule has 1 aliphatic rings. The monoisotopic (exact) mass is 259 g/mol. The number of anilines is 2. The largest absolute Gasteiger partial charge is 0.374 e. The zero-order chi connectivity index (χ0) is 13.5. The molecular formula is C11H13N7O. The number of nitrogens with two attached hydrogens (primary N) is 1. The fourth-order valence-corrected chi connectivity index (χ4v) is 2.39. The number of H-pyrrole nitrogens is 1. The molecule has 8 heteroatoms. The van der Waals surface area contributed by atoms with Crippen molar-refractivity contribution in [1.82, 2.24) is 20.2 Å². The summed E-state index contributed by atoms with van der Waals surface area (Å²) >= 11 is 0. The first-order chi connectivity index (χ1) is 9.11. The zero-order valence-corrected chi connectivity index (χ0v) is 10.2. The molecule has 1 atom stereocenters. The maximum absolute atomic E-state index is 10.1. The van der Waals surface area contributed by atoms with Crippen LogP contribution in [-0.2, 0) is 0 Å². The van der Waals surface area contributed by atoms with E-state index >= 15 is 0 Å². The average Bonchev–Trinajstić information content (AvgIpc) is 2.86. The van der Waals surface area contributed by atoms with Gasteiger partial charge in [-0.3, -0.25) is 5.10 Å². The van der Waals surface area contributed by atoms with E-state index in [1.54, 1.807) is 6.20 Å². The second kappa shape index (κ2) is 4.07. The summed E-state index contributed by atoms with van der Waals surface area (Å²) in [5.74, 6) is 0.738. The van der Waals surface area contributed by atoms with Gasteiger partial charge in [-0.1, -0.05) is 0 Å². The molecule has 19 heavy (non-hydrogen) atoms. The van der Waals surface area contributed by atoms with Crippen LogP contribution in [0.25, 0.3) is 11.0 Å². The van der Waals surface area contributed by atoms with Crippen molar-refractivity contribution in [2.24, 2.45) is 0 Å². The number of aromatic amines is 1. The first-order valence-electron chi connectivity index (χ1n) is 5.96. The van der Waals surface area contributed by atoms with Gasteiger partial charge in [-0.15, -0.1) is 0 Å². The standard InChI is InChI=1S/C11H13N7O/c12-5-11(19)2-1-3-18(6-11)9-7-4-14-17-8(7)15-10(13)16-9/h4,19H,1-3,6H2,(H3,13,14,15,16,17). The van der Waals surface area contributed by atoms with Gasteiger partial charge in [0.15, 0.2) is 11.2 Å². The fourth-order valence-electron chi connectivity index (χ4n) is 2.39. The lowest BCUT2D eigenvalue weighted by Crippen LogP contribution is -2.47. The number of rotatable bonds is 1. The van der Waals surface area contributed by atoms with E-state index < -0.39 is 5.60 Å². The molecule has 8 nitrogen and oxygen atoms in total. The minimum absolute atomic E-state index is 0.137. The van der Waals surface area contributed by atoms with Gasteiger partial charge in [0, 0.05) is 6.54 Å². The molecule has 1 fully saturated rings. The van der Waals surface area contributed by atoms with Crippen LogP contribution < -0.4 is 10.6 Å². The Balaban J connectivity index is 2.04. The van der Waals surface area contributed by atoms with E-state index in [2.05, 4.69) is 20.2 Å². The molecule has 0 radical (unpaired) electrons. The predicted octanol–water partition coefficient (Wildman–Crippen LogP) is -0.210. The Kier molecular flexibility index (Phi) is 2.50. The van der Waals surface area contributed by atoms with Gasteiger partial charge < -0.3 is 15.7 Å². The Bertz CT molecular complexity index is 661. The summed E-state index contributed by atoms with van der Waals surface area (Å²) in [6, 6.07) is 1.95. The number of nitrogen functional groups attached to an aromatic ring is 1. The summed E-state index contributed by atoms with van der Waals surface area (Å²) < 4.78 is 0. The van der Waals surface area contributed by atoms with Gasteiger partial charge in [-0.05, 0) is 12.8 Å². The Morgan fingerprint density at radius 3 is 3.16 bits per heavy atom. The van der Waals surface area contributed by atoms with Crippen LogP contribution in [0.3, 0.4) is 0 Å². The van der Waals surface area contributed by atoms with Gasteiger partial charge in [-0.2, -0.15) is 20.3 Å². The minimum atomic E-state index is -1.34. The highest BCUT2D eigenvalue weighted by Gasteiger charge is 2.34. The van der Waals surface area contributed by atoms with Gasteiger partial charge in [0.05, 0.1) is 24.2 Å². The number of aliphatic hydroxyl groups is 1. The van der Waals surface area contributed by atoms with Crippen LogP contribution in [0.15, 0.2) is 6.20 Å². The van der Waals surface area contributed by atoms with E-state index in [0.29, 0.717) is 30.9 Å². The van der Waals surface area contributed by atoms with E-state index in [1.807, 2.05) is 11.0 Å². The number of nitrogens with zero attached hydrogens (tertiary/aromatic N) is 5. The van der Waals surface area contributed by atoms with E-state index in [-0.39, 0.29) is 12.5 Å². The molecule has 0 spiro atoms. The number of hydrogen-bond acceptors (Lipinski definition) is 7. The minimum Gasteiger partial charge on any atom is -0.374 e. The van der Waals surface area contributed by atoms with E-state index in [0.717, 1.165) is 5.39 Å². The van der Waals surface area contributed by atoms with Crippen molar-refractivity contribution < 1.29 is 5.11 Å². The zero-order valence-electron chi connectivity index (χ0n) is 10.2. The SMILES string of the molecule is N#CC1(O)CCCN(c2nc(N)nc3[nH]ncc23)C1. The molecule has 1 aliphatic heterocycles. The Morgan fingerprint density at radius 1 is 1.53 bits per heavy atom. The molecule has 0 amide bonds. The molecule has 0 bridgehead atoms. The summed E-state index contributed by atoms with van der Waals surface area (Å²) in [6.45, 7) is 0.918. The molecule has 1 saturated heterocycles. The molecule has 0 saturated carbocycles. The number of fused-ring (bicyclic) bond motifs is 1. The van der Waals surface area contributed by atoms with Crippen molar-refractivity contribution in [3.05, 3.63) is 6.20 Å². The van der Waals surface area contributed by atoms with Gasteiger partial charge >= 0.3 is 0 Å². The first kappa shape index (κ1) is 11.7. The Labute approximate surface area is 108 Å². The lowest BCUT2D eigenvalue weighted by molar-refractivity contribution is 0.0818. The molecule has 2 aromatic heterocycles. The number of β-amino-alcohol motifs (C(OH)–C–C–N with tert-alkyl or cyclic N) is 1. The molecule has 1 unspecified atom stereocenters. The number of nitriles is 1. The van der Waals surface area contributed by atoms with E-state index in [9.17, 15) is 5.11 Å². The number of piperidine rings is 1. The molecule has 3 rings (SSSR count). The summed E-state index contributed by atoms with van der Waals surface area (Å²) in [5, 5.41) is 26.5. The van der Waals surface area contributed by atoms with Gasteiger partial charge in [-0.25, -0.2) is 0 Å². The van der Waals surface area contributed by atoms with Crippen molar-refractivity contribution in [2.75, 3.05) is 23.7 Å². The summed E-state index contributed by atoms with van der Waals surface area (Å²) in [7, 11) is 0. The smallest absolute Gasteiger partial charge is 0.224 e. The van der Waals surface area contributed by atoms with Gasteiger partial charge in [0.2, 0.25) is 5.95 Å². The normalized spacial score (nSPS) is 23.5. The third-order valence-corrected chi connectivity index (χ3v) is 3.29. The highest BCUT2D eigenvalue weighted by Crippen LogP contribution is 2.29. The lowest BCUT2D eigenvalue weighted by Gasteiger charge is -2.35. The Morgan fingerprint density at radius 2 is 2.37 bits per heavy atom. The van der Waals surface area contributed by atoms with Crippen LogP contribution in [0.1, 0.15) is 12.8 Å². The molecule has 2 aromatic rings. The molecular weight excluding hydrogens is 246 g/mol. The average molecular weight is 259 g/mol. The second-order valence-corrected chi connectivity index (χ2v) is 4.71. The van der Waals surface area contributed by atoms with Gasteiger partial charge in [0.1, 0.15) is 5.82 Å². The van der Waals surface area contributed by atoms with Gasteiger partial charge in [0.25, 0.3) is 0 Å². The molecule has 0 aromatic carbocycles. The van der Waals surface area contributed by atoms with Crippen LogP contribution >= 0.6 is 0 Å². The summed E-state index contributed by atoms with van der Waals surface area (Å²) in [4.78, 5) is 10.1. The van der Waals surface area contributed by atoms with Crippen molar-refractivity contribution >= 4 is 22.8 Å². The van der Waals surface area contributed by atoms with Crippen LogP contribution in [0.4, 0.5) is 11.8 Å². The van der Waals surface area contributed by atoms with E-state index in [1.165, 1.54) is 0 Å². The first-order valence-corrected chi connectivity index (χ1v) is 5.96. The third kappa shape index (κ3) is 1.94. The van der Waals surface area contributed by atoms with Crippen LogP contribution in [-0.4, -0.2) is 44.0 Å². The quantitative estimate of drug-likeness (QED) is 0.604. The van der Waals surface area contributed by atoms with Crippen LogP contribution in [0.5, 0.6) is 0 Å². The topological polar surface area (TPSA) is 128 Å². The molecule has 4 N–H and O–H groups in total. The fraction of sp³-hybridized carbons (Fsp3) is 0.455. The van der Waals surface area contributed by atoms with Crippen LogP contribution in [0.2, 0.25) is 0 Å². The Hall–Kier alpha value is -2.40. The van der Waals surface area contributed by atoms with Crippen molar-refractivity contribution in [1.29, 1.82) is 5.26 Å². The molecule has 98 valence electrons. The van der Waals surface area contributed by atoms with Crippen molar-refractivity contribution in [3.63, 3.8) is 0 Å². The predicted molar refractivity (Wildman–Crippen MR) is 68.1 cm³/mol. The summed E-state index contributed by atoms with van der Waals surface area (Å²) in [6.07, 6.45) is 2.80.